The molecule has 2 atom stereocenters. The van der Waals surface area contributed by atoms with Gasteiger partial charge in [-0.3, -0.25) is 9.48 Å². The first-order valence-corrected chi connectivity index (χ1v) is 8.55. The molecule has 0 radical (unpaired) electrons. The second kappa shape index (κ2) is 7.55. The molecule has 0 aliphatic rings. The summed E-state index contributed by atoms with van der Waals surface area (Å²) >= 11 is 0. The number of amides is 1. The van der Waals surface area contributed by atoms with Crippen molar-refractivity contribution < 1.29 is 23.1 Å². The summed E-state index contributed by atoms with van der Waals surface area (Å²) in [6.07, 6.45) is 2.71. The molecule has 1 aromatic heterocycles. The molecule has 1 amide bonds. The highest BCUT2D eigenvalue weighted by Gasteiger charge is 2.27. The minimum Gasteiger partial charge on any atom is -0.480 e. The third-order valence-corrected chi connectivity index (χ3v) is 4.53. The molecular formula is C13H22N4O5S. The maximum Gasteiger partial charge on any atom is 0.326 e. The summed E-state index contributed by atoms with van der Waals surface area (Å²) in [6, 6.07) is -2.18. The number of carbonyl (C=O) groups is 2. The summed E-state index contributed by atoms with van der Waals surface area (Å²) in [5.74, 6) is -1.79. The van der Waals surface area contributed by atoms with Gasteiger partial charge in [-0.1, -0.05) is 13.8 Å². The molecule has 0 aliphatic carbocycles. The van der Waals surface area contributed by atoms with Crippen molar-refractivity contribution in [2.45, 2.75) is 44.2 Å². The summed E-state index contributed by atoms with van der Waals surface area (Å²) in [6.45, 7) is 5.00. The fourth-order valence-electron chi connectivity index (χ4n) is 1.88. The van der Waals surface area contributed by atoms with Crippen LogP contribution in [0.2, 0.25) is 0 Å². The van der Waals surface area contributed by atoms with E-state index in [1.807, 2.05) is 13.8 Å². The van der Waals surface area contributed by atoms with Gasteiger partial charge in [0.05, 0.1) is 12.2 Å². The van der Waals surface area contributed by atoms with Crippen molar-refractivity contribution in [2.75, 3.05) is 0 Å². The highest BCUT2D eigenvalue weighted by Crippen LogP contribution is 2.08. The minimum atomic E-state index is -3.90. The van der Waals surface area contributed by atoms with Crippen LogP contribution in [0.5, 0.6) is 0 Å². The van der Waals surface area contributed by atoms with Crippen LogP contribution in [0.25, 0.3) is 0 Å². The van der Waals surface area contributed by atoms with Gasteiger partial charge in [0.2, 0.25) is 15.9 Å². The van der Waals surface area contributed by atoms with Crippen molar-refractivity contribution in [3.05, 3.63) is 12.4 Å². The zero-order valence-electron chi connectivity index (χ0n) is 13.5. The maximum atomic E-state index is 12.1. The fraction of sp³-hybridized carbons (Fsp3) is 0.615. The first-order chi connectivity index (χ1) is 10.5. The molecule has 0 aliphatic heterocycles. The Morgan fingerprint density at radius 3 is 2.39 bits per heavy atom. The minimum absolute atomic E-state index is 0.0683. The van der Waals surface area contributed by atoms with Crippen molar-refractivity contribution in [1.29, 1.82) is 0 Å². The van der Waals surface area contributed by atoms with Gasteiger partial charge in [-0.25, -0.2) is 13.2 Å². The van der Waals surface area contributed by atoms with Gasteiger partial charge < -0.3 is 10.4 Å². The smallest absolute Gasteiger partial charge is 0.326 e. The molecule has 130 valence electrons. The maximum absolute atomic E-state index is 12.1. The molecule has 0 saturated heterocycles. The van der Waals surface area contributed by atoms with Gasteiger partial charge in [0.1, 0.15) is 10.9 Å². The quantitative estimate of drug-likeness (QED) is 0.592. The van der Waals surface area contributed by atoms with Gasteiger partial charge in [0.15, 0.2) is 0 Å². The molecule has 0 spiro atoms. The summed E-state index contributed by atoms with van der Waals surface area (Å²) < 4.78 is 27.7. The Labute approximate surface area is 135 Å². The number of nitrogens with one attached hydrogen (secondary N) is 2. The third kappa shape index (κ3) is 5.64. The lowest BCUT2D eigenvalue weighted by Gasteiger charge is -2.19. The molecule has 10 heteroatoms. The van der Waals surface area contributed by atoms with Crippen molar-refractivity contribution >= 4 is 21.9 Å². The number of hydrogen-bond donors (Lipinski definition) is 3. The Morgan fingerprint density at radius 1 is 1.35 bits per heavy atom. The molecular weight excluding hydrogens is 324 g/mol. The van der Waals surface area contributed by atoms with Crippen LogP contribution in [-0.2, 0) is 26.7 Å². The summed E-state index contributed by atoms with van der Waals surface area (Å²) in [7, 11) is -2.34. The van der Waals surface area contributed by atoms with Crippen LogP contribution >= 0.6 is 0 Å². The van der Waals surface area contributed by atoms with Gasteiger partial charge >= 0.3 is 5.97 Å². The van der Waals surface area contributed by atoms with Gasteiger partial charge in [-0.2, -0.15) is 9.82 Å². The van der Waals surface area contributed by atoms with Crippen molar-refractivity contribution in [3.63, 3.8) is 0 Å². The first-order valence-electron chi connectivity index (χ1n) is 7.07. The number of aromatic nitrogens is 2. The van der Waals surface area contributed by atoms with E-state index in [4.69, 9.17) is 5.11 Å². The van der Waals surface area contributed by atoms with E-state index in [9.17, 15) is 18.0 Å². The lowest BCUT2D eigenvalue weighted by atomic mass is 10.0. The number of hydrogen-bond acceptors (Lipinski definition) is 5. The number of rotatable bonds is 8. The monoisotopic (exact) mass is 346 g/mol. The summed E-state index contributed by atoms with van der Waals surface area (Å²) in [4.78, 5) is 23.1. The average molecular weight is 346 g/mol. The van der Waals surface area contributed by atoms with E-state index >= 15 is 0 Å². The molecule has 9 nitrogen and oxygen atoms in total. The van der Waals surface area contributed by atoms with E-state index in [2.05, 4.69) is 15.1 Å². The van der Waals surface area contributed by atoms with E-state index < -0.39 is 34.0 Å². The van der Waals surface area contributed by atoms with Crippen LogP contribution in [0.1, 0.15) is 27.2 Å². The van der Waals surface area contributed by atoms with E-state index in [-0.39, 0.29) is 17.2 Å². The van der Waals surface area contributed by atoms with Crippen LogP contribution in [0.15, 0.2) is 17.3 Å². The Bertz CT molecular complexity index is 668. The number of carbonyl (C=O) groups excluding carboxylic acids is 1. The SMILES string of the molecule is CC(C)CC(NC(=O)C(C)NS(=O)(=O)c1cnn(C)c1)C(=O)O. The molecule has 23 heavy (non-hydrogen) atoms. The number of carboxylic acids is 1. The number of aryl methyl sites for hydroxylation is 1. The second-order valence-corrected chi connectivity index (χ2v) is 7.44. The standard InChI is InChI=1S/C13H22N4O5S/c1-8(2)5-11(13(19)20)15-12(18)9(3)16-23(21,22)10-6-14-17(4)7-10/h6-9,11,16H,5H2,1-4H3,(H,15,18)(H,19,20). The molecule has 0 fully saturated rings. The van der Waals surface area contributed by atoms with E-state index in [0.717, 1.165) is 6.20 Å². The van der Waals surface area contributed by atoms with Gasteiger partial charge in [0.25, 0.3) is 0 Å². The molecule has 1 rings (SSSR count). The van der Waals surface area contributed by atoms with E-state index in [0.29, 0.717) is 0 Å². The Morgan fingerprint density at radius 2 is 1.96 bits per heavy atom. The number of sulfonamides is 1. The zero-order chi connectivity index (χ0) is 17.8. The second-order valence-electron chi connectivity index (χ2n) is 5.72. The predicted octanol–water partition coefficient (Wildman–Crippen LogP) is -0.298. The number of aliphatic carboxylic acids is 1. The Kier molecular flexibility index (Phi) is 6.28. The Hall–Kier alpha value is -1.94. The van der Waals surface area contributed by atoms with E-state index in [1.54, 1.807) is 7.05 Å². The summed E-state index contributed by atoms with van der Waals surface area (Å²) in [5.41, 5.74) is 0. The molecule has 0 aromatic carbocycles. The van der Waals surface area contributed by atoms with Crippen molar-refractivity contribution in [3.8, 4) is 0 Å². The normalized spacial score (nSPS) is 14.5. The van der Waals surface area contributed by atoms with Gasteiger partial charge in [0, 0.05) is 13.2 Å². The zero-order valence-corrected chi connectivity index (χ0v) is 14.3. The lowest BCUT2D eigenvalue weighted by molar-refractivity contribution is -0.142. The average Bonchev–Trinajstić information content (AvgIpc) is 2.84. The fourth-order valence-corrected chi connectivity index (χ4v) is 3.07. The predicted molar refractivity (Wildman–Crippen MR) is 82.0 cm³/mol. The van der Waals surface area contributed by atoms with E-state index in [1.165, 1.54) is 17.8 Å². The molecule has 2 unspecified atom stereocenters. The van der Waals surface area contributed by atoms with Gasteiger partial charge in [-0.15, -0.1) is 0 Å². The molecule has 0 saturated carbocycles. The van der Waals surface area contributed by atoms with Crippen LogP contribution in [0, 0.1) is 5.92 Å². The lowest BCUT2D eigenvalue weighted by Crippen LogP contribution is -2.50. The molecule has 1 aromatic rings. The van der Waals surface area contributed by atoms with Crippen molar-refractivity contribution in [2.24, 2.45) is 13.0 Å². The van der Waals surface area contributed by atoms with Crippen LogP contribution < -0.4 is 10.0 Å². The van der Waals surface area contributed by atoms with Crippen LogP contribution in [-0.4, -0.2) is 47.3 Å². The van der Waals surface area contributed by atoms with Crippen molar-refractivity contribution in [1.82, 2.24) is 19.8 Å². The van der Waals surface area contributed by atoms with Crippen LogP contribution in [0.4, 0.5) is 0 Å². The van der Waals surface area contributed by atoms with Gasteiger partial charge in [-0.05, 0) is 19.3 Å². The first kappa shape index (κ1) is 19.1. The highest BCUT2D eigenvalue weighted by atomic mass is 32.2. The Balaban J connectivity index is 2.74. The molecule has 1 heterocycles. The summed E-state index contributed by atoms with van der Waals surface area (Å²) in [5, 5.41) is 15.2. The third-order valence-electron chi connectivity index (χ3n) is 3.04. The van der Waals surface area contributed by atoms with Crippen LogP contribution in [0.3, 0.4) is 0 Å². The molecule has 0 bridgehead atoms. The molecule has 3 N–H and O–H groups in total. The largest absolute Gasteiger partial charge is 0.480 e. The number of nitrogens with zero attached hydrogens (tertiary/aromatic N) is 2. The highest BCUT2D eigenvalue weighted by molar-refractivity contribution is 7.89. The number of carboxylic acid groups (broad SMARTS) is 1. The topological polar surface area (TPSA) is 130 Å².